The lowest BCUT2D eigenvalue weighted by molar-refractivity contribution is 0.0934. The minimum atomic E-state index is -0.204. The number of amides is 1. The lowest BCUT2D eigenvalue weighted by Crippen LogP contribution is -2.38. The highest BCUT2D eigenvalue weighted by molar-refractivity contribution is 9.09. The summed E-state index contributed by atoms with van der Waals surface area (Å²) in [6.07, 6.45) is 2.00. The smallest absolute Gasteiger partial charge is 0.255 e. The van der Waals surface area contributed by atoms with Crippen molar-refractivity contribution in [3.05, 3.63) is 29.8 Å². The molecular formula is C11H12BrNO2. The third-order valence-electron chi connectivity index (χ3n) is 2.64. The van der Waals surface area contributed by atoms with E-state index in [4.69, 9.17) is 0 Å². The lowest BCUT2D eigenvalue weighted by Gasteiger charge is -2.14. The average Bonchev–Trinajstić information content (AvgIpc) is 2.99. The van der Waals surface area contributed by atoms with E-state index in [0.717, 1.165) is 18.2 Å². The summed E-state index contributed by atoms with van der Waals surface area (Å²) in [7, 11) is 0. The maximum Gasteiger partial charge on any atom is 0.255 e. The van der Waals surface area contributed by atoms with E-state index in [-0.39, 0.29) is 17.2 Å². The summed E-state index contributed by atoms with van der Waals surface area (Å²) in [4.78, 5) is 11.8. The number of carbonyl (C=O) groups is 1. The Bertz CT molecular complexity index is 388. The first-order valence-electron chi connectivity index (χ1n) is 4.83. The van der Waals surface area contributed by atoms with E-state index in [1.165, 1.54) is 6.07 Å². The number of alkyl halides is 1. The quantitative estimate of drug-likeness (QED) is 0.826. The van der Waals surface area contributed by atoms with Crippen LogP contribution in [0.4, 0.5) is 0 Å². The number of benzene rings is 1. The van der Waals surface area contributed by atoms with Crippen molar-refractivity contribution in [2.24, 2.45) is 0 Å². The van der Waals surface area contributed by atoms with E-state index < -0.39 is 0 Å². The number of aromatic hydroxyl groups is 1. The Balaban J connectivity index is 2.12. The first-order valence-corrected chi connectivity index (χ1v) is 5.95. The molecule has 0 aromatic heterocycles. The topological polar surface area (TPSA) is 49.3 Å². The van der Waals surface area contributed by atoms with Crippen LogP contribution in [0.5, 0.6) is 5.75 Å². The Morgan fingerprint density at radius 3 is 2.67 bits per heavy atom. The molecule has 3 nitrogen and oxygen atoms in total. The fourth-order valence-electron chi connectivity index (χ4n) is 1.42. The van der Waals surface area contributed by atoms with Gasteiger partial charge in [0.1, 0.15) is 5.75 Å². The van der Waals surface area contributed by atoms with Crippen molar-refractivity contribution in [1.29, 1.82) is 0 Å². The second kappa shape index (κ2) is 3.85. The van der Waals surface area contributed by atoms with Crippen molar-refractivity contribution in [2.45, 2.75) is 18.4 Å². The van der Waals surface area contributed by atoms with Crippen molar-refractivity contribution < 1.29 is 9.90 Å². The van der Waals surface area contributed by atoms with Gasteiger partial charge >= 0.3 is 0 Å². The molecule has 1 aromatic rings. The predicted octanol–water partition coefficient (Wildman–Crippen LogP) is 2.05. The normalized spacial score (nSPS) is 17.1. The Hall–Kier alpha value is -1.03. The molecule has 0 atom stereocenters. The first-order chi connectivity index (χ1) is 7.17. The van der Waals surface area contributed by atoms with Crippen LogP contribution in [0.2, 0.25) is 0 Å². The zero-order valence-electron chi connectivity index (χ0n) is 8.16. The zero-order chi connectivity index (χ0) is 10.9. The third-order valence-corrected chi connectivity index (χ3v) is 3.71. The predicted molar refractivity (Wildman–Crippen MR) is 61.3 cm³/mol. The number of hydrogen-bond acceptors (Lipinski definition) is 2. The van der Waals surface area contributed by atoms with Crippen LogP contribution < -0.4 is 5.32 Å². The van der Waals surface area contributed by atoms with Crippen molar-refractivity contribution in [2.75, 3.05) is 5.33 Å². The third kappa shape index (κ3) is 2.15. The van der Waals surface area contributed by atoms with Crippen LogP contribution in [0, 0.1) is 0 Å². The fraction of sp³-hybridized carbons (Fsp3) is 0.364. The van der Waals surface area contributed by atoms with Gasteiger partial charge in [-0.3, -0.25) is 4.79 Å². The summed E-state index contributed by atoms with van der Waals surface area (Å²) < 4.78 is 0. The summed E-state index contributed by atoms with van der Waals surface area (Å²) >= 11 is 3.38. The monoisotopic (exact) mass is 269 g/mol. The highest BCUT2D eigenvalue weighted by Crippen LogP contribution is 2.37. The van der Waals surface area contributed by atoms with Gasteiger partial charge in [-0.25, -0.2) is 0 Å². The molecule has 1 aromatic carbocycles. The van der Waals surface area contributed by atoms with Crippen molar-refractivity contribution >= 4 is 21.8 Å². The van der Waals surface area contributed by atoms with Gasteiger partial charge in [-0.2, -0.15) is 0 Å². The van der Waals surface area contributed by atoms with Crippen molar-refractivity contribution in [3.8, 4) is 5.75 Å². The molecule has 1 fully saturated rings. The molecule has 0 aliphatic heterocycles. The van der Waals surface area contributed by atoms with Crippen LogP contribution >= 0.6 is 15.9 Å². The number of phenols is 1. The van der Waals surface area contributed by atoms with Gasteiger partial charge < -0.3 is 10.4 Å². The molecule has 0 radical (unpaired) electrons. The summed E-state index contributed by atoms with van der Waals surface area (Å²) in [6, 6.07) is 6.57. The highest BCUT2D eigenvalue weighted by Gasteiger charge is 2.43. The minimum Gasteiger partial charge on any atom is -0.507 e. The Labute approximate surface area is 96.6 Å². The van der Waals surface area contributed by atoms with Crippen LogP contribution in [0.25, 0.3) is 0 Å². The molecule has 0 bridgehead atoms. The van der Waals surface area contributed by atoms with E-state index in [0.29, 0.717) is 5.56 Å². The molecule has 1 aliphatic rings. The van der Waals surface area contributed by atoms with Gasteiger partial charge in [-0.05, 0) is 25.0 Å². The average molecular weight is 270 g/mol. The Morgan fingerprint density at radius 1 is 1.47 bits per heavy atom. The van der Waals surface area contributed by atoms with Crippen molar-refractivity contribution in [1.82, 2.24) is 5.32 Å². The number of halogens is 1. The summed E-state index contributed by atoms with van der Waals surface area (Å²) in [5, 5.41) is 13.2. The van der Waals surface area contributed by atoms with Gasteiger partial charge in [0.25, 0.3) is 5.91 Å². The van der Waals surface area contributed by atoms with Crippen LogP contribution in [0.3, 0.4) is 0 Å². The minimum absolute atomic E-state index is 0.0281. The fourth-order valence-corrected chi connectivity index (χ4v) is 2.12. The van der Waals surface area contributed by atoms with Gasteiger partial charge in [0.15, 0.2) is 0 Å². The summed E-state index contributed by atoms with van der Waals surface area (Å²) in [6.45, 7) is 0. The maximum absolute atomic E-state index is 11.8. The van der Waals surface area contributed by atoms with Gasteiger partial charge in [0.05, 0.1) is 11.1 Å². The maximum atomic E-state index is 11.8. The molecule has 0 saturated heterocycles. The molecule has 1 saturated carbocycles. The lowest BCUT2D eigenvalue weighted by atomic mass is 10.1. The molecule has 1 amide bonds. The summed E-state index contributed by atoms with van der Waals surface area (Å²) in [5.41, 5.74) is 0.254. The Morgan fingerprint density at radius 2 is 2.13 bits per heavy atom. The largest absolute Gasteiger partial charge is 0.507 e. The van der Waals surface area contributed by atoms with Crippen LogP contribution in [-0.2, 0) is 0 Å². The standard InChI is InChI=1S/C11H12BrNO2/c12-7-11(5-6-11)13-10(15)8-3-1-2-4-9(8)14/h1-4,14H,5-7H2,(H,13,15). The number of hydrogen-bond donors (Lipinski definition) is 2. The molecular weight excluding hydrogens is 258 g/mol. The number of phenolic OH excluding ortho intramolecular Hbond substituents is 1. The van der Waals surface area contributed by atoms with E-state index >= 15 is 0 Å². The van der Waals surface area contributed by atoms with Gasteiger partial charge in [-0.1, -0.05) is 28.1 Å². The van der Waals surface area contributed by atoms with Crippen LogP contribution in [0.1, 0.15) is 23.2 Å². The number of para-hydroxylation sites is 1. The Kier molecular flexibility index (Phi) is 2.69. The molecule has 0 heterocycles. The zero-order valence-corrected chi connectivity index (χ0v) is 9.75. The van der Waals surface area contributed by atoms with Crippen LogP contribution in [0.15, 0.2) is 24.3 Å². The second-order valence-corrected chi connectivity index (χ2v) is 4.45. The first kappa shape index (κ1) is 10.5. The summed E-state index contributed by atoms with van der Waals surface area (Å²) in [5.74, 6) is -0.176. The van der Waals surface area contributed by atoms with Gasteiger partial charge in [0, 0.05) is 5.33 Å². The second-order valence-electron chi connectivity index (χ2n) is 3.89. The number of carbonyl (C=O) groups excluding carboxylic acids is 1. The molecule has 80 valence electrons. The van der Waals surface area contributed by atoms with E-state index in [9.17, 15) is 9.90 Å². The van der Waals surface area contributed by atoms with Crippen LogP contribution in [-0.4, -0.2) is 21.9 Å². The SMILES string of the molecule is O=C(NC1(CBr)CC1)c1ccccc1O. The van der Waals surface area contributed by atoms with Crippen molar-refractivity contribution in [3.63, 3.8) is 0 Å². The number of nitrogens with one attached hydrogen (secondary N) is 1. The molecule has 2 rings (SSSR count). The number of rotatable bonds is 3. The molecule has 4 heteroatoms. The molecule has 15 heavy (non-hydrogen) atoms. The van der Waals surface area contributed by atoms with Gasteiger partial charge in [-0.15, -0.1) is 0 Å². The molecule has 0 unspecified atom stereocenters. The molecule has 0 spiro atoms. The van der Waals surface area contributed by atoms with E-state index in [1.807, 2.05) is 0 Å². The molecule has 1 aliphatic carbocycles. The van der Waals surface area contributed by atoms with Gasteiger partial charge in [0.2, 0.25) is 0 Å². The molecule has 2 N–H and O–H groups in total. The van der Waals surface area contributed by atoms with E-state index in [2.05, 4.69) is 21.2 Å². The highest BCUT2D eigenvalue weighted by atomic mass is 79.9. The van der Waals surface area contributed by atoms with E-state index in [1.54, 1.807) is 18.2 Å².